The number of rotatable bonds is 5. The van der Waals surface area contributed by atoms with Gasteiger partial charge in [0.15, 0.2) is 5.82 Å². The maximum atomic E-state index is 12.6. The third-order valence-electron chi connectivity index (χ3n) is 5.60. The molecule has 2 N–H and O–H groups in total. The second-order valence-corrected chi connectivity index (χ2v) is 8.60. The molecule has 31 heavy (non-hydrogen) atoms. The highest BCUT2D eigenvalue weighted by molar-refractivity contribution is 6.32. The van der Waals surface area contributed by atoms with E-state index in [2.05, 4.69) is 20.6 Å². The number of halogens is 2. The van der Waals surface area contributed by atoms with Crippen LogP contribution in [0.1, 0.15) is 31.4 Å². The molecule has 2 aliphatic heterocycles. The van der Waals surface area contributed by atoms with Crippen molar-refractivity contribution in [3.05, 3.63) is 46.1 Å². The van der Waals surface area contributed by atoms with Gasteiger partial charge in [-0.1, -0.05) is 35.3 Å². The molecule has 10 heteroatoms. The van der Waals surface area contributed by atoms with Crippen molar-refractivity contribution < 1.29 is 9.59 Å². The number of hydrogen-bond acceptors (Lipinski definition) is 6. The summed E-state index contributed by atoms with van der Waals surface area (Å²) in [4.78, 5) is 36.8. The first-order chi connectivity index (χ1) is 14.9. The molecule has 3 heterocycles. The lowest BCUT2D eigenvalue weighted by atomic mass is 10.1. The highest BCUT2D eigenvalue weighted by Gasteiger charge is 2.32. The third-order valence-corrected chi connectivity index (χ3v) is 6.11. The van der Waals surface area contributed by atoms with Crippen LogP contribution in [0.15, 0.2) is 30.5 Å². The van der Waals surface area contributed by atoms with Gasteiger partial charge in [0.05, 0.1) is 12.2 Å². The quantitative estimate of drug-likeness (QED) is 0.709. The van der Waals surface area contributed by atoms with Gasteiger partial charge in [-0.25, -0.2) is 4.98 Å². The molecule has 1 aromatic carbocycles. The SMILES string of the molecule is C[C@@H](Nc1nc(N2CCN(C(=O)[C@H]3CCC(=O)N3)CC2)ncc1Cl)c1cccc(Cl)c1. The van der Waals surface area contributed by atoms with Crippen LogP contribution in [-0.2, 0) is 9.59 Å². The fourth-order valence-electron chi connectivity index (χ4n) is 3.82. The summed E-state index contributed by atoms with van der Waals surface area (Å²) in [6.45, 7) is 4.34. The zero-order chi connectivity index (χ0) is 22.0. The van der Waals surface area contributed by atoms with E-state index < -0.39 is 6.04 Å². The van der Waals surface area contributed by atoms with Crippen LogP contribution in [0.3, 0.4) is 0 Å². The van der Waals surface area contributed by atoms with E-state index in [4.69, 9.17) is 23.2 Å². The zero-order valence-corrected chi connectivity index (χ0v) is 18.7. The third kappa shape index (κ3) is 5.02. The lowest BCUT2D eigenvalue weighted by molar-refractivity contribution is -0.134. The topological polar surface area (TPSA) is 90.5 Å². The Morgan fingerprint density at radius 2 is 2.03 bits per heavy atom. The molecule has 2 amide bonds. The van der Waals surface area contributed by atoms with Gasteiger partial charge in [-0.15, -0.1) is 0 Å². The van der Waals surface area contributed by atoms with E-state index >= 15 is 0 Å². The number of nitrogens with one attached hydrogen (secondary N) is 2. The Bertz CT molecular complexity index is 980. The van der Waals surface area contributed by atoms with Gasteiger partial charge < -0.3 is 20.4 Å². The lowest BCUT2D eigenvalue weighted by Gasteiger charge is -2.36. The first kappa shape index (κ1) is 21.6. The molecule has 8 nitrogen and oxygen atoms in total. The Morgan fingerprint density at radius 1 is 1.26 bits per heavy atom. The van der Waals surface area contributed by atoms with Gasteiger partial charge in [0.25, 0.3) is 0 Å². The number of carbonyl (C=O) groups excluding carboxylic acids is 2. The van der Waals surface area contributed by atoms with Crippen molar-refractivity contribution in [3.63, 3.8) is 0 Å². The van der Waals surface area contributed by atoms with Crippen LogP contribution in [0, 0.1) is 0 Å². The number of carbonyl (C=O) groups is 2. The molecule has 2 aliphatic rings. The predicted octanol–water partition coefficient (Wildman–Crippen LogP) is 2.88. The number of anilines is 2. The van der Waals surface area contributed by atoms with Gasteiger partial charge in [0, 0.05) is 37.6 Å². The summed E-state index contributed by atoms with van der Waals surface area (Å²) in [5.41, 5.74) is 1.02. The summed E-state index contributed by atoms with van der Waals surface area (Å²) in [7, 11) is 0. The van der Waals surface area contributed by atoms with Crippen LogP contribution in [-0.4, -0.2) is 58.9 Å². The minimum Gasteiger partial charge on any atom is -0.362 e. The smallest absolute Gasteiger partial charge is 0.245 e. The molecular formula is C21H24Cl2N6O2. The maximum Gasteiger partial charge on any atom is 0.245 e. The molecule has 164 valence electrons. The average molecular weight is 463 g/mol. The molecule has 4 rings (SSSR count). The van der Waals surface area contributed by atoms with Crippen molar-refractivity contribution in [2.24, 2.45) is 0 Å². The number of aromatic nitrogens is 2. The van der Waals surface area contributed by atoms with Crippen LogP contribution < -0.4 is 15.5 Å². The second kappa shape index (κ2) is 9.28. The monoisotopic (exact) mass is 462 g/mol. The van der Waals surface area contributed by atoms with Crippen molar-refractivity contribution in [2.45, 2.75) is 31.8 Å². The highest BCUT2D eigenvalue weighted by Crippen LogP contribution is 2.27. The fourth-order valence-corrected chi connectivity index (χ4v) is 4.17. The molecule has 0 aliphatic carbocycles. The first-order valence-electron chi connectivity index (χ1n) is 10.3. The van der Waals surface area contributed by atoms with E-state index in [0.29, 0.717) is 60.8 Å². The van der Waals surface area contributed by atoms with Gasteiger partial charge in [0.1, 0.15) is 11.1 Å². The van der Waals surface area contributed by atoms with E-state index in [1.54, 1.807) is 11.1 Å². The van der Waals surface area contributed by atoms with E-state index in [1.807, 2.05) is 36.1 Å². The second-order valence-electron chi connectivity index (χ2n) is 7.76. The van der Waals surface area contributed by atoms with Crippen LogP contribution in [0.5, 0.6) is 0 Å². The molecule has 1 aromatic heterocycles. The summed E-state index contributed by atoms with van der Waals surface area (Å²) in [6.07, 6.45) is 2.57. The molecule has 2 aromatic rings. The Kier molecular flexibility index (Phi) is 6.48. The number of amides is 2. The van der Waals surface area contributed by atoms with E-state index in [0.717, 1.165) is 5.56 Å². The molecule has 2 fully saturated rings. The number of benzene rings is 1. The normalized spacial score (nSPS) is 19.8. The molecule has 0 spiro atoms. The van der Waals surface area contributed by atoms with Gasteiger partial charge in [-0.05, 0) is 31.0 Å². The summed E-state index contributed by atoms with van der Waals surface area (Å²) < 4.78 is 0. The molecule has 0 saturated carbocycles. The molecule has 2 atom stereocenters. The average Bonchev–Trinajstić information content (AvgIpc) is 3.21. The molecular weight excluding hydrogens is 439 g/mol. The summed E-state index contributed by atoms with van der Waals surface area (Å²) >= 11 is 12.4. The van der Waals surface area contributed by atoms with E-state index in [1.165, 1.54) is 0 Å². The van der Waals surface area contributed by atoms with Crippen LogP contribution in [0.2, 0.25) is 10.0 Å². The summed E-state index contributed by atoms with van der Waals surface area (Å²) in [5.74, 6) is 1.04. The Hall–Kier alpha value is -2.58. The Labute approximate surface area is 190 Å². The Morgan fingerprint density at radius 3 is 2.71 bits per heavy atom. The van der Waals surface area contributed by atoms with Crippen molar-refractivity contribution in [1.29, 1.82) is 0 Å². The number of nitrogens with zero attached hydrogens (tertiary/aromatic N) is 4. The van der Waals surface area contributed by atoms with Gasteiger partial charge in [0.2, 0.25) is 17.8 Å². The van der Waals surface area contributed by atoms with Gasteiger partial charge in [-0.2, -0.15) is 4.98 Å². The van der Waals surface area contributed by atoms with Crippen molar-refractivity contribution in [2.75, 3.05) is 36.4 Å². The summed E-state index contributed by atoms with van der Waals surface area (Å²) in [6, 6.07) is 7.18. The van der Waals surface area contributed by atoms with Crippen molar-refractivity contribution >= 4 is 46.8 Å². The summed E-state index contributed by atoms with van der Waals surface area (Å²) in [5, 5.41) is 7.18. The van der Waals surface area contributed by atoms with Gasteiger partial charge in [-0.3, -0.25) is 9.59 Å². The molecule has 2 saturated heterocycles. The van der Waals surface area contributed by atoms with Crippen LogP contribution >= 0.6 is 23.2 Å². The van der Waals surface area contributed by atoms with E-state index in [-0.39, 0.29) is 17.9 Å². The standard InChI is InChI=1S/C21H24Cl2N6O2/c1-13(14-3-2-4-15(22)11-14)25-19-16(23)12-24-21(27-19)29-9-7-28(8-10-29)20(31)17-5-6-18(30)26-17/h2-4,11-13,17H,5-10H2,1H3,(H,26,30)(H,24,25,27)/t13-,17-/m1/s1. The first-order valence-corrected chi connectivity index (χ1v) is 11.0. The zero-order valence-electron chi connectivity index (χ0n) is 17.1. The fraction of sp³-hybridized carbons (Fsp3) is 0.429. The largest absolute Gasteiger partial charge is 0.362 e. The molecule has 0 unspecified atom stereocenters. The van der Waals surface area contributed by atoms with E-state index in [9.17, 15) is 9.59 Å². The Balaban J connectivity index is 1.39. The maximum absolute atomic E-state index is 12.6. The van der Waals surface area contributed by atoms with Crippen molar-refractivity contribution in [3.8, 4) is 0 Å². The lowest BCUT2D eigenvalue weighted by Crippen LogP contribution is -2.53. The number of hydrogen-bond donors (Lipinski definition) is 2. The highest BCUT2D eigenvalue weighted by atomic mass is 35.5. The molecule has 0 radical (unpaired) electrons. The number of piperazine rings is 1. The van der Waals surface area contributed by atoms with Crippen LogP contribution in [0.4, 0.5) is 11.8 Å². The predicted molar refractivity (Wildman–Crippen MR) is 120 cm³/mol. The van der Waals surface area contributed by atoms with Crippen LogP contribution in [0.25, 0.3) is 0 Å². The van der Waals surface area contributed by atoms with Gasteiger partial charge >= 0.3 is 0 Å². The minimum absolute atomic E-state index is 0.0137. The molecule has 0 bridgehead atoms. The minimum atomic E-state index is -0.394. The van der Waals surface area contributed by atoms with Crippen molar-refractivity contribution in [1.82, 2.24) is 20.2 Å².